The number of rotatable bonds is 3. The van der Waals surface area contributed by atoms with Crippen molar-refractivity contribution in [1.82, 2.24) is 10.2 Å². The zero-order chi connectivity index (χ0) is 19.6. The molecule has 0 spiro atoms. The van der Waals surface area contributed by atoms with E-state index in [0.717, 1.165) is 0 Å². The molecule has 2 aromatic rings. The summed E-state index contributed by atoms with van der Waals surface area (Å²) in [4.78, 5) is 26.5. The average molecular weight is 409 g/mol. The third-order valence-corrected chi connectivity index (χ3v) is 4.99. The Hall–Kier alpha value is -2.44. The van der Waals surface area contributed by atoms with Crippen LogP contribution in [0.1, 0.15) is 33.6 Å². The van der Waals surface area contributed by atoms with Crippen LogP contribution in [0.2, 0.25) is 10.0 Å². The van der Waals surface area contributed by atoms with E-state index in [1.807, 2.05) is 0 Å². The molecule has 142 valence electrons. The Morgan fingerprint density at radius 2 is 1.63 bits per heavy atom. The topological polar surface area (TPSA) is 89.9 Å². The maximum Gasteiger partial charge on any atom is 0.254 e. The van der Waals surface area contributed by atoms with Gasteiger partial charge < -0.3 is 20.4 Å². The first-order valence-electron chi connectivity index (χ1n) is 8.41. The van der Waals surface area contributed by atoms with Gasteiger partial charge in [0, 0.05) is 35.8 Å². The molecule has 0 saturated carbocycles. The molecule has 0 aliphatic carbocycles. The highest BCUT2D eigenvalue weighted by Gasteiger charge is 2.25. The van der Waals surface area contributed by atoms with Crippen LogP contribution in [0.3, 0.4) is 0 Å². The van der Waals surface area contributed by atoms with Crippen molar-refractivity contribution in [1.29, 1.82) is 0 Å². The van der Waals surface area contributed by atoms with Crippen molar-refractivity contribution in [3.8, 4) is 11.5 Å². The van der Waals surface area contributed by atoms with Crippen LogP contribution in [0.15, 0.2) is 36.4 Å². The summed E-state index contributed by atoms with van der Waals surface area (Å²) >= 11 is 11.9. The molecule has 6 nitrogen and oxygen atoms in total. The van der Waals surface area contributed by atoms with Crippen molar-refractivity contribution >= 4 is 35.0 Å². The molecule has 1 heterocycles. The standard InChI is InChI=1S/C19H18Cl2N2O4/c20-12-1-2-16(17(21)9-12)18(26)22-13-3-5-23(6-4-13)19(27)11-7-14(24)10-15(25)8-11/h1-2,7-10,13,24-25H,3-6H2,(H,22,26). The predicted molar refractivity (Wildman–Crippen MR) is 103 cm³/mol. The molecule has 1 aliphatic rings. The van der Waals surface area contributed by atoms with Crippen molar-refractivity contribution in [2.75, 3.05) is 13.1 Å². The smallest absolute Gasteiger partial charge is 0.254 e. The predicted octanol–water partition coefficient (Wildman–Crippen LogP) is 3.44. The van der Waals surface area contributed by atoms with E-state index >= 15 is 0 Å². The molecule has 3 N–H and O–H groups in total. The van der Waals surface area contributed by atoms with E-state index in [-0.39, 0.29) is 39.9 Å². The minimum Gasteiger partial charge on any atom is -0.508 e. The first-order chi connectivity index (χ1) is 12.8. The number of amides is 2. The first-order valence-corrected chi connectivity index (χ1v) is 9.17. The van der Waals surface area contributed by atoms with Gasteiger partial charge in [0.05, 0.1) is 10.6 Å². The molecule has 2 aromatic carbocycles. The number of halogens is 2. The number of hydrogen-bond donors (Lipinski definition) is 3. The number of likely N-dealkylation sites (tertiary alicyclic amines) is 1. The van der Waals surface area contributed by atoms with Crippen LogP contribution in [-0.2, 0) is 0 Å². The Balaban J connectivity index is 1.58. The van der Waals surface area contributed by atoms with E-state index in [2.05, 4.69) is 5.32 Å². The summed E-state index contributed by atoms with van der Waals surface area (Å²) in [6.07, 6.45) is 1.18. The number of nitrogens with one attached hydrogen (secondary N) is 1. The molecule has 27 heavy (non-hydrogen) atoms. The van der Waals surface area contributed by atoms with Gasteiger partial charge in [-0.25, -0.2) is 0 Å². The number of benzene rings is 2. The van der Waals surface area contributed by atoms with E-state index < -0.39 is 0 Å². The quantitative estimate of drug-likeness (QED) is 0.725. The van der Waals surface area contributed by atoms with E-state index in [4.69, 9.17) is 23.2 Å². The van der Waals surface area contributed by atoms with E-state index in [1.165, 1.54) is 24.3 Å². The fourth-order valence-corrected chi connectivity index (χ4v) is 3.56. The van der Waals surface area contributed by atoms with Crippen LogP contribution < -0.4 is 5.32 Å². The lowest BCUT2D eigenvalue weighted by Gasteiger charge is -2.32. The second kappa shape index (κ2) is 8.06. The van der Waals surface area contributed by atoms with Crippen molar-refractivity contribution in [2.24, 2.45) is 0 Å². The van der Waals surface area contributed by atoms with Gasteiger partial charge in [-0.3, -0.25) is 9.59 Å². The Morgan fingerprint density at radius 1 is 1.00 bits per heavy atom. The van der Waals surface area contributed by atoms with Crippen molar-refractivity contribution in [2.45, 2.75) is 18.9 Å². The van der Waals surface area contributed by atoms with Gasteiger partial charge in [0.15, 0.2) is 0 Å². The average Bonchev–Trinajstić information content (AvgIpc) is 2.60. The lowest BCUT2D eigenvalue weighted by atomic mass is 10.0. The van der Waals surface area contributed by atoms with Gasteiger partial charge in [0.1, 0.15) is 11.5 Å². The number of carbonyl (C=O) groups excluding carboxylic acids is 2. The Bertz CT molecular complexity index is 860. The van der Waals surface area contributed by atoms with Crippen molar-refractivity contribution < 1.29 is 19.8 Å². The van der Waals surface area contributed by atoms with Gasteiger partial charge in [-0.05, 0) is 43.2 Å². The molecule has 3 rings (SSSR count). The molecular formula is C19H18Cl2N2O4. The maximum atomic E-state index is 12.5. The zero-order valence-corrected chi connectivity index (χ0v) is 15.8. The maximum absolute atomic E-state index is 12.5. The second-order valence-corrected chi connectivity index (χ2v) is 7.25. The Labute approximate surface area is 166 Å². The lowest BCUT2D eigenvalue weighted by Crippen LogP contribution is -2.46. The third kappa shape index (κ3) is 4.64. The number of phenols is 2. The van der Waals surface area contributed by atoms with E-state index in [9.17, 15) is 19.8 Å². The number of aromatic hydroxyl groups is 2. The highest BCUT2D eigenvalue weighted by Crippen LogP contribution is 2.24. The summed E-state index contributed by atoms with van der Waals surface area (Å²) in [6, 6.07) is 8.42. The summed E-state index contributed by atoms with van der Waals surface area (Å²) < 4.78 is 0. The fraction of sp³-hybridized carbons (Fsp3) is 0.263. The van der Waals surface area contributed by atoms with Gasteiger partial charge >= 0.3 is 0 Å². The van der Waals surface area contributed by atoms with Crippen molar-refractivity contribution in [3.63, 3.8) is 0 Å². The monoisotopic (exact) mass is 408 g/mol. The fourth-order valence-electron chi connectivity index (χ4n) is 3.06. The Kier molecular flexibility index (Phi) is 5.77. The van der Waals surface area contributed by atoms with Crippen LogP contribution >= 0.6 is 23.2 Å². The van der Waals surface area contributed by atoms with Gasteiger partial charge in [0.25, 0.3) is 11.8 Å². The summed E-state index contributed by atoms with van der Waals surface area (Å²) in [5.74, 6) is -0.883. The number of piperidine rings is 1. The van der Waals surface area contributed by atoms with Crippen LogP contribution in [0.4, 0.5) is 0 Å². The first kappa shape index (κ1) is 19.3. The molecule has 0 radical (unpaired) electrons. The number of nitrogens with zero attached hydrogens (tertiary/aromatic N) is 1. The minimum atomic E-state index is -0.278. The van der Waals surface area contributed by atoms with Gasteiger partial charge in [0.2, 0.25) is 0 Å². The summed E-state index contributed by atoms with van der Waals surface area (Å²) in [5, 5.41) is 22.7. The van der Waals surface area contributed by atoms with Gasteiger partial charge in [-0.15, -0.1) is 0 Å². The molecule has 0 aromatic heterocycles. The molecule has 0 atom stereocenters. The molecule has 0 unspecified atom stereocenters. The largest absolute Gasteiger partial charge is 0.508 e. The van der Waals surface area contributed by atoms with Crippen LogP contribution in [0.5, 0.6) is 11.5 Å². The zero-order valence-electron chi connectivity index (χ0n) is 14.3. The van der Waals surface area contributed by atoms with E-state index in [0.29, 0.717) is 36.5 Å². The molecule has 2 amide bonds. The molecular weight excluding hydrogens is 391 g/mol. The second-order valence-electron chi connectivity index (χ2n) is 6.40. The summed E-state index contributed by atoms with van der Waals surface area (Å²) in [6.45, 7) is 0.906. The normalized spacial score (nSPS) is 14.8. The lowest BCUT2D eigenvalue weighted by molar-refractivity contribution is 0.0697. The molecule has 1 saturated heterocycles. The van der Waals surface area contributed by atoms with Gasteiger partial charge in [-0.2, -0.15) is 0 Å². The van der Waals surface area contributed by atoms with Gasteiger partial charge in [-0.1, -0.05) is 23.2 Å². The molecule has 8 heteroatoms. The molecule has 1 fully saturated rings. The van der Waals surface area contributed by atoms with Crippen LogP contribution in [0, 0.1) is 0 Å². The molecule has 0 bridgehead atoms. The van der Waals surface area contributed by atoms with Crippen molar-refractivity contribution in [3.05, 3.63) is 57.6 Å². The van der Waals surface area contributed by atoms with Crippen LogP contribution in [-0.4, -0.2) is 46.1 Å². The van der Waals surface area contributed by atoms with Crippen LogP contribution in [0.25, 0.3) is 0 Å². The third-order valence-electron chi connectivity index (χ3n) is 4.44. The Morgan fingerprint density at radius 3 is 2.22 bits per heavy atom. The minimum absolute atomic E-state index is 0.0779. The highest BCUT2D eigenvalue weighted by molar-refractivity contribution is 6.36. The number of hydrogen-bond acceptors (Lipinski definition) is 4. The number of phenolic OH excluding ortho intramolecular Hbond substituents is 2. The summed E-state index contributed by atoms with van der Waals surface area (Å²) in [7, 11) is 0. The SMILES string of the molecule is O=C(NC1CCN(C(=O)c2cc(O)cc(O)c2)CC1)c1ccc(Cl)cc1Cl. The summed E-state index contributed by atoms with van der Waals surface area (Å²) in [5.41, 5.74) is 0.581. The number of carbonyl (C=O) groups is 2. The van der Waals surface area contributed by atoms with E-state index in [1.54, 1.807) is 17.0 Å². The molecule has 1 aliphatic heterocycles. The highest BCUT2D eigenvalue weighted by atomic mass is 35.5.